The number of nitrogens with one attached hydrogen (secondary N) is 2. The molecule has 5 atom stereocenters. The molecule has 5 rings (SSSR count). The molecule has 0 spiro atoms. The second-order valence-electron chi connectivity index (χ2n) is 11.3. The van der Waals surface area contributed by atoms with E-state index in [1.165, 1.54) is 5.56 Å². The zero-order chi connectivity index (χ0) is 30.2. The van der Waals surface area contributed by atoms with E-state index >= 15 is 0 Å². The van der Waals surface area contributed by atoms with Crippen LogP contribution in [-0.4, -0.2) is 35.7 Å². The molecule has 0 aliphatic carbocycles. The van der Waals surface area contributed by atoms with Crippen molar-refractivity contribution in [1.29, 1.82) is 0 Å². The van der Waals surface area contributed by atoms with Gasteiger partial charge in [-0.3, -0.25) is 4.90 Å². The summed E-state index contributed by atoms with van der Waals surface area (Å²) in [4.78, 5) is 15.0. The summed E-state index contributed by atoms with van der Waals surface area (Å²) in [5.41, 5.74) is 5.66. The van der Waals surface area contributed by atoms with Crippen molar-refractivity contribution in [2.45, 2.75) is 51.5 Å². The number of rotatable bonds is 10. The molecule has 1 aliphatic rings. The van der Waals surface area contributed by atoms with Crippen molar-refractivity contribution in [3.8, 4) is 0 Å². The molecule has 7 heteroatoms. The molecular weight excluding hydrogens is 538 g/mol. The number of hydrogen-bond donors (Lipinski definition) is 3. The minimum atomic E-state index is -0.627. The number of ether oxygens (including phenoxy) is 2. The molecule has 0 saturated carbocycles. The van der Waals surface area contributed by atoms with Gasteiger partial charge in [-0.2, -0.15) is 0 Å². The Hall–Kier alpha value is -4.01. The number of carbonyl (C=O) groups excluding carboxylic acids is 1. The van der Waals surface area contributed by atoms with Crippen molar-refractivity contribution < 1.29 is 19.4 Å². The first-order valence-electron chi connectivity index (χ1n) is 14.9. The van der Waals surface area contributed by atoms with Crippen molar-refractivity contribution in [2.75, 3.05) is 18.9 Å². The van der Waals surface area contributed by atoms with Crippen LogP contribution in [0.2, 0.25) is 0 Å². The second kappa shape index (κ2) is 14.4. The molecule has 7 nitrogen and oxygen atoms in total. The minimum absolute atomic E-state index is 0.00337. The number of nitrogens with zero attached hydrogens (tertiary/aromatic N) is 1. The van der Waals surface area contributed by atoms with Gasteiger partial charge in [-0.05, 0) is 48.4 Å². The predicted octanol–water partition coefficient (Wildman–Crippen LogP) is 6.99. The van der Waals surface area contributed by atoms with E-state index in [4.69, 9.17) is 9.47 Å². The Kier molecular flexibility index (Phi) is 10.2. The van der Waals surface area contributed by atoms with Gasteiger partial charge in [0.15, 0.2) is 6.29 Å². The largest absolute Gasteiger partial charge is 0.392 e. The molecule has 1 aliphatic heterocycles. The van der Waals surface area contributed by atoms with Gasteiger partial charge in [0.05, 0.1) is 18.8 Å². The molecule has 1 fully saturated rings. The zero-order valence-electron chi connectivity index (χ0n) is 25.0. The highest BCUT2D eigenvalue weighted by Gasteiger charge is 2.39. The van der Waals surface area contributed by atoms with Gasteiger partial charge < -0.3 is 25.2 Å². The molecule has 3 N–H and O–H groups in total. The highest BCUT2D eigenvalue weighted by Crippen LogP contribution is 2.42. The quantitative estimate of drug-likeness (QED) is 0.189. The molecule has 0 bridgehead atoms. The van der Waals surface area contributed by atoms with Gasteiger partial charge in [-0.1, -0.05) is 104 Å². The van der Waals surface area contributed by atoms with E-state index in [9.17, 15) is 9.90 Å². The van der Waals surface area contributed by atoms with Crippen LogP contribution < -0.4 is 10.6 Å². The summed E-state index contributed by atoms with van der Waals surface area (Å²) in [7, 11) is 2.13. The third-order valence-corrected chi connectivity index (χ3v) is 8.25. The third-order valence-electron chi connectivity index (χ3n) is 8.25. The SMILES string of the molecule is C[C@@H]1[C@H](CN(C)[C@@H](C)c2ccccc2)O[C@H](c2cccc(NC(=O)NCc3ccccc3)c2)O[C@@H]1c1ccc(CO)cc1. The molecule has 4 aromatic carbocycles. The van der Waals surface area contributed by atoms with Crippen molar-refractivity contribution in [1.82, 2.24) is 10.2 Å². The molecule has 4 aromatic rings. The summed E-state index contributed by atoms with van der Waals surface area (Å²) in [6, 6.07) is 35.8. The lowest BCUT2D eigenvalue weighted by atomic mass is 9.89. The van der Waals surface area contributed by atoms with E-state index in [1.54, 1.807) is 0 Å². The summed E-state index contributed by atoms with van der Waals surface area (Å²) in [6.45, 7) is 5.52. The number of likely N-dealkylation sites (N-methyl/N-ethyl adjacent to an activating group) is 1. The molecule has 2 amide bonds. The lowest BCUT2D eigenvalue weighted by Gasteiger charge is -2.43. The van der Waals surface area contributed by atoms with E-state index in [-0.39, 0.29) is 36.8 Å². The third kappa shape index (κ3) is 7.89. The predicted molar refractivity (Wildman–Crippen MR) is 169 cm³/mol. The van der Waals surface area contributed by atoms with Crippen molar-refractivity contribution >= 4 is 11.7 Å². The molecule has 43 heavy (non-hydrogen) atoms. The van der Waals surface area contributed by atoms with Crippen LogP contribution in [0.15, 0.2) is 109 Å². The van der Waals surface area contributed by atoms with Gasteiger partial charge in [-0.15, -0.1) is 0 Å². The van der Waals surface area contributed by atoms with Crippen LogP contribution in [0.5, 0.6) is 0 Å². The number of aliphatic hydroxyl groups is 1. The van der Waals surface area contributed by atoms with E-state index in [0.29, 0.717) is 18.8 Å². The zero-order valence-corrected chi connectivity index (χ0v) is 25.0. The van der Waals surface area contributed by atoms with Gasteiger partial charge in [0.2, 0.25) is 0 Å². The lowest BCUT2D eigenvalue weighted by Crippen LogP contribution is -2.44. The Morgan fingerprint density at radius 3 is 2.26 bits per heavy atom. The number of anilines is 1. The topological polar surface area (TPSA) is 83.1 Å². The molecule has 1 heterocycles. The van der Waals surface area contributed by atoms with E-state index in [1.807, 2.05) is 84.9 Å². The van der Waals surface area contributed by atoms with Crippen LogP contribution in [-0.2, 0) is 22.6 Å². The maximum absolute atomic E-state index is 12.7. The Morgan fingerprint density at radius 2 is 1.56 bits per heavy atom. The minimum Gasteiger partial charge on any atom is -0.392 e. The highest BCUT2D eigenvalue weighted by molar-refractivity contribution is 5.89. The Bertz CT molecular complexity index is 1450. The summed E-state index contributed by atoms with van der Waals surface area (Å²) in [5, 5.41) is 15.4. The number of amides is 2. The molecule has 0 aromatic heterocycles. The monoisotopic (exact) mass is 579 g/mol. The summed E-state index contributed by atoms with van der Waals surface area (Å²) >= 11 is 0. The molecular formula is C36H41N3O4. The summed E-state index contributed by atoms with van der Waals surface area (Å²) in [6.07, 6.45) is -0.968. The number of carbonyl (C=O) groups is 1. The summed E-state index contributed by atoms with van der Waals surface area (Å²) < 4.78 is 13.3. The first-order valence-corrected chi connectivity index (χ1v) is 14.9. The maximum Gasteiger partial charge on any atom is 0.319 e. The first-order chi connectivity index (χ1) is 20.9. The Morgan fingerprint density at radius 1 is 0.860 bits per heavy atom. The van der Waals surface area contributed by atoms with Crippen molar-refractivity contribution in [2.24, 2.45) is 5.92 Å². The van der Waals surface area contributed by atoms with Crippen LogP contribution in [0.4, 0.5) is 10.5 Å². The van der Waals surface area contributed by atoms with Crippen LogP contribution >= 0.6 is 0 Å². The Balaban J connectivity index is 1.34. The number of aliphatic hydroxyl groups excluding tert-OH is 1. The van der Waals surface area contributed by atoms with Gasteiger partial charge in [0.1, 0.15) is 0 Å². The average Bonchev–Trinajstić information content (AvgIpc) is 3.05. The fourth-order valence-electron chi connectivity index (χ4n) is 5.47. The highest BCUT2D eigenvalue weighted by atomic mass is 16.7. The molecule has 0 unspecified atom stereocenters. The molecule has 224 valence electrons. The fourth-order valence-corrected chi connectivity index (χ4v) is 5.47. The van der Waals surface area contributed by atoms with Gasteiger partial charge in [0.25, 0.3) is 0 Å². The number of hydrogen-bond acceptors (Lipinski definition) is 5. The number of urea groups is 1. The Labute approximate surface area is 254 Å². The smallest absolute Gasteiger partial charge is 0.319 e. The lowest BCUT2D eigenvalue weighted by molar-refractivity contribution is -0.276. The maximum atomic E-state index is 12.7. The van der Waals surface area contributed by atoms with E-state index < -0.39 is 6.29 Å². The van der Waals surface area contributed by atoms with Crippen molar-refractivity contribution in [3.63, 3.8) is 0 Å². The van der Waals surface area contributed by atoms with Crippen LogP contribution in [0, 0.1) is 5.92 Å². The molecule has 1 saturated heterocycles. The van der Waals surface area contributed by atoms with Crippen LogP contribution in [0.3, 0.4) is 0 Å². The summed E-state index contributed by atoms with van der Waals surface area (Å²) in [5.74, 6) is 0.0618. The van der Waals surface area contributed by atoms with E-state index in [2.05, 4.69) is 60.7 Å². The molecule has 0 radical (unpaired) electrons. The fraction of sp³-hybridized carbons (Fsp3) is 0.306. The van der Waals surface area contributed by atoms with Crippen LogP contribution in [0.1, 0.15) is 60.1 Å². The van der Waals surface area contributed by atoms with Crippen molar-refractivity contribution in [3.05, 3.63) is 137 Å². The average molecular weight is 580 g/mol. The van der Waals surface area contributed by atoms with Gasteiger partial charge >= 0.3 is 6.03 Å². The van der Waals surface area contributed by atoms with Crippen LogP contribution in [0.25, 0.3) is 0 Å². The van der Waals surface area contributed by atoms with Gasteiger partial charge in [-0.25, -0.2) is 4.79 Å². The normalized spacial score (nSPS) is 20.9. The first kappa shape index (κ1) is 30.4. The standard InChI is InChI=1S/C36H41N3O4/c1-25-33(23-39(3)26(2)29-13-8-5-9-14-29)42-35(43-34(25)30-19-17-28(24-40)18-20-30)31-15-10-16-32(21-31)38-36(41)37-22-27-11-6-4-7-12-27/h4-21,25-26,33-35,40H,22-24H2,1-3H3,(H2,37,38,41)/t25-,26+,33+,34+,35+/m1/s1. The number of benzene rings is 4. The second-order valence-corrected chi connectivity index (χ2v) is 11.3. The van der Waals surface area contributed by atoms with Gasteiger partial charge in [0, 0.05) is 36.3 Å². The van der Waals surface area contributed by atoms with E-state index in [0.717, 1.165) is 22.3 Å².